The second kappa shape index (κ2) is 12.9. The molecule has 2 aliphatic rings. The predicted octanol–water partition coefficient (Wildman–Crippen LogP) is 3.11. The lowest BCUT2D eigenvalue weighted by Gasteiger charge is -2.36. The lowest BCUT2D eigenvalue weighted by Crippen LogP contribution is -2.50. The molecule has 0 radical (unpaired) electrons. The number of fused-ring (bicyclic) bond motifs is 1. The number of ether oxygens (including phenoxy) is 1. The first-order chi connectivity index (χ1) is 18.2. The molecule has 1 amide bonds. The first-order valence-electron chi connectivity index (χ1n) is 13.4. The monoisotopic (exact) mass is 509 g/mol. The molecule has 4 heterocycles. The van der Waals surface area contributed by atoms with E-state index in [1.807, 2.05) is 24.4 Å². The number of benzene rings is 1. The van der Waals surface area contributed by atoms with Crippen molar-refractivity contribution in [3.63, 3.8) is 0 Å². The van der Waals surface area contributed by atoms with Crippen LogP contribution in [-0.2, 0) is 4.74 Å². The van der Waals surface area contributed by atoms with Crippen LogP contribution in [0.25, 0.3) is 16.6 Å². The second-order valence-corrected chi connectivity index (χ2v) is 9.27. The molecule has 9 heteroatoms. The zero-order valence-electron chi connectivity index (χ0n) is 21.8. The van der Waals surface area contributed by atoms with Gasteiger partial charge in [0.15, 0.2) is 0 Å². The van der Waals surface area contributed by atoms with E-state index in [0.717, 1.165) is 29.9 Å². The summed E-state index contributed by atoms with van der Waals surface area (Å²) >= 11 is 0. The van der Waals surface area contributed by atoms with Gasteiger partial charge in [0.2, 0.25) is 0 Å². The molecule has 37 heavy (non-hydrogen) atoms. The summed E-state index contributed by atoms with van der Waals surface area (Å²) in [6, 6.07) is 13.1. The number of carbonyl (C=O) groups excluding carboxylic acids is 1. The molecule has 0 saturated carbocycles. The Morgan fingerprint density at radius 3 is 2.35 bits per heavy atom. The van der Waals surface area contributed by atoms with Crippen molar-refractivity contribution in [2.75, 3.05) is 57.4 Å². The Balaban J connectivity index is 0.00000156. The maximum Gasteiger partial charge on any atom is 0.410 e. The summed E-state index contributed by atoms with van der Waals surface area (Å²) in [7, 11) is 0. The van der Waals surface area contributed by atoms with Crippen LogP contribution in [0.5, 0.6) is 0 Å². The number of nitrogens with one attached hydrogen (secondary N) is 1. The van der Waals surface area contributed by atoms with Crippen molar-refractivity contribution in [2.45, 2.75) is 38.7 Å². The predicted molar refractivity (Wildman–Crippen MR) is 145 cm³/mol. The molecule has 5 rings (SSSR count). The molecule has 1 aromatic carbocycles. The van der Waals surface area contributed by atoms with Crippen LogP contribution in [0.2, 0.25) is 0 Å². The quantitative estimate of drug-likeness (QED) is 0.469. The average molecular weight is 510 g/mol. The molecular formula is C28H39N5O4. The van der Waals surface area contributed by atoms with Gasteiger partial charge in [-0.1, -0.05) is 38.1 Å². The minimum absolute atomic E-state index is 0.394. The number of aliphatic hydroxyl groups is 2. The van der Waals surface area contributed by atoms with Crippen molar-refractivity contribution in [1.82, 2.24) is 19.8 Å². The Morgan fingerprint density at radius 1 is 1.03 bits per heavy atom. The number of nitrogens with zero attached hydrogens (tertiary/aromatic N) is 4. The smallest absolute Gasteiger partial charge is 0.410 e. The SMILES string of the molecule is CC.O=C(OC(CO)CO)N1CCN(c2ccnn3cc(-c4ccc(C5CCNCC5)cc4)cc23)CC1. The van der Waals surface area contributed by atoms with E-state index >= 15 is 0 Å². The highest BCUT2D eigenvalue weighted by Crippen LogP contribution is 2.31. The normalized spacial score (nSPS) is 16.6. The number of anilines is 1. The van der Waals surface area contributed by atoms with Crippen molar-refractivity contribution >= 4 is 17.3 Å². The Morgan fingerprint density at radius 2 is 1.70 bits per heavy atom. The van der Waals surface area contributed by atoms with E-state index in [2.05, 4.69) is 51.8 Å². The number of piperidine rings is 1. The Labute approximate surface area is 218 Å². The standard InChI is InChI=1S/C26H33N5O4.C2H6/c32-17-23(18-33)35-26(34)30-13-11-29(12-14-30)24-7-10-28-31-16-22(15-25(24)31)20-3-1-19(2-4-20)21-5-8-27-9-6-21;1-2/h1-4,7,10,15-16,21,23,27,32-33H,5-6,8-9,11-14,17-18H2;1-2H3. The van der Waals surface area contributed by atoms with E-state index in [4.69, 9.17) is 14.9 Å². The third kappa shape index (κ3) is 6.23. The lowest BCUT2D eigenvalue weighted by atomic mass is 9.89. The fourth-order valence-corrected chi connectivity index (χ4v) is 5.01. The molecule has 0 atom stereocenters. The summed E-state index contributed by atoms with van der Waals surface area (Å²) in [5.41, 5.74) is 5.83. The Bertz CT molecular complexity index is 1130. The van der Waals surface area contributed by atoms with Gasteiger partial charge in [0.25, 0.3) is 0 Å². The number of hydrogen-bond acceptors (Lipinski definition) is 7. The third-order valence-electron chi connectivity index (χ3n) is 7.09. The average Bonchev–Trinajstić information content (AvgIpc) is 3.42. The number of aliphatic hydroxyl groups excluding tert-OH is 2. The van der Waals surface area contributed by atoms with Gasteiger partial charge in [-0.2, -0.15) is 5.10 Å². The molecule has 2 fully saturated rings. The highest BCUT2D eigenvalue weighted by molar-refractivity contribution is 5.80. The van der Waals surface area contributed by atoms with Gasteiger partial charge >= 0.3 is 6.09 Å². The van der Waals surface area contributed by atoms with Gasteiger partial charge in [-0.3, -0.25) is 0 Å². The number of amides is 1. The van der Waals surface area contributed by atoms with Crippen molar-refractivity contribution in [3.8, 4) is 11.1 Å². The molecule has 2 aliphatic heterocycles. The zero-order chi connectivity index (χ0) is 26.2. The Hall–Kier alpha value is -3.14. The van der Waals surface area contributed by atoms with Crippen molar-refractivity contribution in [2.24, 2.45) is 0 Å². The van der Waals surface area contributed by atoms with Crippen molar-refractivity contribution < 1.29 is 19.7 Å². The van der Waals surface area contributed by atoms with Crippen LogP contribution in [0.1, 0.15) is 38.2 Å². The lowest BCUT2D eigenvalue weighted by molar-refractivity contribution is 0.00416. The van der Waals surface area contributed by atoms with Crippen LogP contribution in [0.4, 0.5) is 10.5 Å². The number of rotatable bonds is 6. The molecule has 0 bridgehead atoms. The van der Waals surface area contributed by atoms with Crippen molar-refractivity contribution in [1.29, 1.82) is 0 Å². The summed E-state index contributed by atoms with van der Waals surface area (Å²) in [6.07, 6.45) is 4.87. The molecule has 3 aromatic rings. The summed E-state index contributed by atoms with van der Waals surface area (Å²) in [5.74, 6) is 0.640. The molecule has 9 nitrogen and oxygen atoms in total. The van der Waals surface area contributed by atoms with Gasteiger partial charge in [0.05, 0.1) is 24.4 Å². The molecule has 0 spiro atoms. The first-order valence-corrected chi connectivity index (χ1v) is 13.4. The molecule has 2 aromatic heterocycles. The van der Waals surface area contributed by atoms with Crippen LogP contribution in [0, 0.1) is 0 Å². The van der Waals surface area contributed by atoms with Gasteiger partial charge in [-0.15, -0.1) is 0 Å². The largest absolute Gasteiger partial charge is 0.441 e. The molecule has 2 saturated heterocycles. The number of piperazine rings is 1. The molecule has 200 valence electrons. The van der Waals surface area contributed by atoms with E-state index < -0.39 is 25.4 Å². The highest BCUT2D eigenvalue weighted by atomic mass is 16.6. The zero-order valence-corrected chi connectivity index (χ0v) is 21.8. The summed E-state index contributed by atoms with van der Waals surface area (Å²) in [4.78, 5) is 16.2. The van der Waals surface area contributed by atoms with E-state index in [1.165, 1.54) is 24.0 Å². The highest BCUT2D eigenvalue weighted by Gasteiger charge is 2.25. The van der Waals surface area contributed by atoms with E-state index in [0.29, 0.717) is 32.1 Å². The van der Waals surface area contributed by atoms with E-state index in [9.17, 15) is 4.79 Å². The minimum atomic E-state index is -0.881. The van der Waals surface area contributed by atoms with Crippen LogP contribution in [0.3, 0.4) is 0 Å². The van der Waals surface area contributed by atoms with Crippen LogP contribution in [0.15, 0.2) is 48.8 Å². The molecule has 0 aliphatic carbocycles. The van der Waals surface area contributed by atoms with Crippen LogP contribution in [-0.4, -0.2) is 89.4 Å². The topological polar surface area (TPSA) is 103 Å². The fraction of sp³-hybridized carbons (Fsp3) is 0.500. The molecular weight excluding hydrogens is 470 g/mol. The van der Waals surface area contributed by atoms with Gasteiger partial charge in [0.1, 0.15) is 6.10 Å². The summed E-state index contributed by atoms with van der Waals surface area (Å²) < 4.78 is 7.07. The summed E-state index contributed by atoms with van der Waals surface area (Å²) in [6.45, 7) is 7.71. The van der Waals surface area contributed by atoms with Crippen LogP contribution < -0.4 is 10.2 Å². The van der Waals surface area contributed by atoms with Gasteiger partial charge in [-0.25, -0.2) is 9.31 Å². The fourth-order valence-electron chi connectivity index (χ4n) is 5.01. The number of hydrogen-bond donors (Lipinski definition) is 3. The van der Waals surface area contributed by atoms with Gasteiger partial charge in [0, 0.05) is 44.1 Å². The van der Waals surface area contributed by atoms with E-state index in [-0.39, 0.29) is 0 Å². The van der Waals surface area contributed by atoms with E-state index in [1.54, 1.807) is 11.1 Å². The molecule has 0 unspecified atom stereocenters. The van der Waals surface area contributed by atoms with Crippen molar-refractivity contribution in [3.05, 3.63) is 54.4 Å². The van der Waals surface area contributed by atoms with Crippen LogP contribution >= 0.6 is 0 Å². The Kier molecular flexibility index (Phi) is 9.38. The number of aromatic nitrogens is 2. The maximum atomic E-state index is 12.3. The summed E-state index contributed by atoms with van der Waals surface area (Å²) in [5, 5.41) is 26.2. The molecule has 3 N–H and O–H groups in total. The van der Waals surface area contributed by atoms with Gasteiger partial charge < -0.3 is 30.1 Å². The maximum absolute atomic E-state index is 12.3. The number of carbonyl (C=O) groups is 1. The third-order valence-corrected chi connectivity index (χ3v) is 7.09. The minimum Gasteiger partial charge on any atom is -0.441 e. The van der Waals surface area contributed by atoms with Gasteiger partial charge in [-0.05, 0) is 55.1 Å². The second-order valence-electron chi connectivity index (χ2n) is 9.27. The first kappa shape index (κ1) is 26.9.